The molecule has 1 aliphatic heterocycles. The Labute approximate surface area is 197 Å². The van der Waals surface area contributed by atoms with Crippen LogP contribution in [0.5, 0.6) is 5.88 Å². The summed E-state index contributed by atoms with van der Waals surface area (Å²) in [4.78, 5) is 6.91. The van der Waals surface area contributed by atoms with Gasteiger partial charge in [0, 0.05) is 47.2 Å². The van der Waals surface area contributed by atoms with Gasteiger partial charge in [0.1, 0.15) is 0 Å². The Bertz CT molecular complexity index is 1140. The summed E-state index contributed by atoms with van der Waals surface area (Å²) >= 11 is 3.50. The van der Waals surface area contributed by atoms with Crippen LogP contribution in [0.3, 0.4) is 0 Å². The van der Waals surface area contributed by atoms with Crippen molar-refractivity contribution in [2.45, 2.75) is 36.2 Å². The van der Waals surface area contributed by atoms with Crippen molar-refractivity contribution in [3.05, 3.63) is 93.1 Å². The smallest absolute Gasteiger partial charge is 0.219 e. The monoisotopic (exact) mass is 490 g/mol. The van der Waals surface area contributed by atoms with Crippen molar-refractivity contribution in [2.75, 3.05) is 26.7 Å². The molecule has 0 radical (unpaired) electrons. The molecule has 1 aromatic heterocycles. The number of nitrogens with zero attached hydrogens (tertiary/aromatic N) is 2. The molecule has 1 N–H and O–H groups in total. The van der Waals surface area contributed by atoms with Gasteiger partial charge in [-0.25, -0.2) is 4.98 Å². The molecule has 0 spiro atoms. The first-order valence-corrected chi connectivity index (χ1v) is 12.2. The van der Waals surface area contributed by atoms with Gasteiger partial charge in [-0.1, -0.05) is 48.5 Å². The fraction of sp³-hybridized carbons (Fsp3) is 0.370. The molecule has 1 saturated heterocycles. The third kappa shape index (κ3) is 2.91. The molecule has 2 aliphatic carbocycles. The third-order valence-electron chi connectivity index (χ3n) is 7.95. The van der Waals surface area contributed by atoms with Crippen molar-refractivity contribution in [1.82, 2.24) is 9.88 Å². The number of aromatic nitrogens is 1. The highest BCUT2D eigenvalue weighted by Crippen LogP contribution is 2.60. The number of hydrogen-bond acceptors (Lipinski definition) is 4. The van der Waals surface area contributed by atoms with Gasteiger partial charge in [-0.05, 0) is 63.5 Å². The summed E-state index contributed by atoms with van der Waals surface area (Å²) in [5.74, 6) is 1.03. The van der Waals surface area contributed by atoms with Crippen LogP contribution in [0.2, 0.25) is 0 Å². The summed E-state index contributed by atoms with van der Waals surface area (Å²) in [6.45, 7) is 2.70. The fourth-order valence-electron chi connectivity index (χ4n) is 6.46. The van der Waals surface area contributed by atoms with Crippen molar-refractivity contribution in [3.8, 4) is 5.88 Å². The molecule has 6 rings (SSSR count). The Morgan fingerprint density at radius 2 is 1.66 bits per heavy atom. The molecule has 3 aromatic rings. The number of benzene rings is 2. The molecule has 2 aromatic carbocycles. The first-order valence-electron chi connectivity index (χ1n) is 11.4. The summed E-state index contributed by atoms with van der Waals surface area (Å²) in [6, 6.07) is 20.0. The summed E-state index contributed by atoms with van der Waals surface area (Å²) in [7, 11) is 1.61. The van der Waals surface area contributed by atoms with Crippen LogP contribution >= 0.6 is 15.9 Å². The highest BCUT2D eigenvalue weighted by molar-refractivity contribution is 9.10. The highest BCUT2D eigenvalue weighted by Gasteiger charge is 2.53. The Morgan fingerprint density at radius 1 is 1.03 bits per heavy atom. The van der Waals surface area contributed by atoms with Crippen LogP contribution in [0.1, 0.15) is 53.0 Å². The van der Waals surface area contributed by atoms with Crippen molar-refractivity contribution in [3.63, 3.8) is 0 Å². The van der Waals surface area contributed by atoms with Gasteiger partial charge in [-0.2, -0.15) is 0 Å². The molecule has 5 heteroatoms. The maximum atomic E-state index is 11.5. The lowest BCUT2D eigenvalue weighted by Crippen LogP contribution is -2.48. The topological polar surface area (TPSA) is 45.6 Å². The van der Waals surface area contributed by atoms with Crippen LogP contribution in [0, 0.1) is 0 Å². The lowest BCUT2D eigenvalue weighted by Gasteiger charge is -2.43. The van der Waals surface area contributed by atoms with Gasteiger partial charge in [0.25, 0.3) is 0 Å². The van der Waals surface area contributed by atoms with Crippen molar-refractivity contribution in [2.24, 2.45) is 0 Å². The lowest BCUT2D eigenvalue weighted by molar-refractivity contribution is -0.0308. The van der Waals surface area contributed by atoms with Gasteiger partial charge < -0.3 is 14.7 Å². The maximum Gasteiger partial charge on any atom is 0.219 e. The molecule has 0 amide bonds. The average Bonchev–Trinajstić information content (AvgIpc) is 3.33. The van der Waals surface area contributed by atoms with E-state index in [0.717, 1.165) is 36.1 Å². The molecule has 0 unspecified atom stereocenters. The Balaban J connectivity index is 1.29. The molecule has 3 aliphatic rings. The molecular formula is C27H27BrN2O2. The van der Waals surface area contributed by atoms with Gasteiger partial charge in [0.15, 0.2) is 0 Å². The minimum absolute atomic E-state index is 0.0579. The molecule has 32 heavy (non-hydrogen) atoms. The number of likely N-dealkylation sites (tertiary alicyclic amines) is 1. The summed E-state index contributed by atoms with van der Waals surface area (Å²) in [5.41, 5.74) is 5.94. The molecule has 4 nitrogen and oxygen atoms in total. The second kappa shape index (κ2) is 7.41. The zero-order valence-electron chi connectivity index (χ0n) is 18.2. The first kappa shape index (κ1) is 20.4. The van der Waals surface area contributed by atoms with Crippen molar-refractivity contribution < 1.29 is 9.84 Å². The van der Waals surface area contributed by atoms with Crippen LogP contribution in [-0.2, 0) is 11.0 Å². The number of hydrogen-bond donors (Lipinski definition) is 1. The molecule has 1 fully saturated rings. The number of aliphatic hydroxyl groups is 1. The van der Waals surface area contributed by atoms with Crippen molar-refractivity contribution >= 4 is 15.9 Å². The average molecular weight is 491 g/mol. The van der Waals surface area contributed by atoms with Crippen LogP contribution in [0.25, 0.3) is 0 Å². The number of halogens is 1. The number of piperidine rings is 1. The Hall–Kier alpha value is -2.21. The van der Waals surface area contributed by atoms with E-state index in [1.54, 1.807) is 13.3 Å². The highest BCUT2D eigenvalue weighted by atomic mass is 79.9. The van der Waals surface area contributed by atoms with Gasteiger partial charge >= 0.3 is 0 Å². The quantitative estimate of drug-likeness (QED) is 0.560. The zero-order chi connectivity index (χ0) is 21.9. The second-order valence-corrected chi connectivity index (χ2v) is 10.4. The van der Waals surface area contributed by atoms with Crippen LogP contribution in [0.4, 0.5) is 0 Å². The predicted octanol–water partition coefficient (Wildman–Crippen LogP) is 4.97. The summed E-state index contributed by atoms with van der Waals surface area (Å²) in [6.07, 6.45) is 4.22. The van der Waals surface area contributed by atoms with Crippen molar-refractivity contribution in [1.29, 1.82) is 0 Å². The van der Waals surface area contributed by atoms with E-state index in [2.05, 4.69) is 74.3 Å². The Kier molecular flexibility index (Phi) is 4.72. The van der Waals surface area contributed by atoms with E-state index < -0.39 is 5.60 Å². The molecule has 0 atom stereocenters. The minimum Gasteiger partial charge on any atom is -0.481 e. The minimum atomic E-state index is -0.917. The molecule has 0 saturated carbocycles. The number of fused-ring (bicyclic) bond motifs is 8. The summed E-state index contributed by atoms with van der Waals surface area (Å²) < 4.78 is 6.33. The molecule has 164 valence electrons. The molecule has 2 heterocycles. The standard InChI is InChI=1S/C27H27BrN2O2/c1-32-25-24(14-18(28)16-29-25)27(31)10-12-30(13-11-27)17-26-15-21(19-6-2-4-8-22(19)26)20-7-3-5-9-23(20)26/h2-9,14,16,21,31H,10-13,15,17H2,1H3. The molecular weight excluding hydrogens is 464 g/mol. The number of pyridine rings is 1. The fourth-order valence-corrected chi connectivity index (χ4v) is 6.80. The van der Waals surface area contributed by atoms with Crippen LogP contribution in [0.15, 0.2) is 65.3 Å². The van der Waals surface area contributed by atoms with E-state index in [4.69, 9.17) is 4.74 Å². The SMILES string of the molecule is COc1ncc(Br)cc1C1(O)CCN(CC23CC(c4ccccc42)c2ccccc23)CC1. The van der Waals surface area contributed by atoms with Gasteiger partial charge in [0.2, 0.25) is 5.88 Å². The lowest BCUT2D eigenvalue weighted by atomic mass is 9.74. The van der Waals surface area contributed by atoms with Gasteiger partial charge in [-0.3, -0.25) is 0 Å². The van der Waals surface area contributed by atoms with E-state index in [9.17, 15) is 5.11 Å². The first-order chi connectivity index (χ1) is 15.5. The van der Waals surface area contributed by atoms with E-state index in [1.807, 2.05) is 6.07 Å². The van der Waals surface area contributed by atoms with Gasteiger partial charge in [0.05, 0.1) is 12.7 Å². The molecule has 2 bridgehead atoms. The zero-order valence-corrected chi connectivity index (χ0v) is 19.8. The largest absolute Gasteiger partial charge is 0.481 e. The Morgan fingerprint density at radius 3 is 2.28 bits per heavy atom. The second-order valence-electron chi connectivity index (χ2n) is 9.53. The van der Waals surface area contributed by atoms with E-state index in [-0.39, 0.29) is 5.41 Å². The summed E-state index contributed by atoms with van der Waals surface area (Å²) in [5, 5.41) is 11.5. The maximum absolute atomic E-state index is 11.5. The third-order valence-corrected chi connectivity index (χ3v) is 8.38. The van der Waals surface area contributed by atoms with Crippen LogP contribution in [-0.4, -0.2) is 41.7 Å². The van der Waals surface area contributed by atoms with Gasteiger partial charge in [-0.15, -0.1) is 0 Å². The number of ether oxygens (including phenoxy) is 1. The van der Waals surface area contributed by atoms with Crippen LogP contribution < -0.4 is 4.74 Å². The normalized spacial score (nSPS) is 25.4. The van der Waals surface area contributed by atoms with E-state index in [0.29, 0.717) is 24.6 Å². The van der Waals surface area contributed by atoms with E-state index >= 15 is 0 Å². The number of methoxy groups -OCH3 is 1. The predicted molar refractivity (Wildman–Crippen MR) is 128 cm³/mol. The number of rotatable bonds is 4. The van der Waals surface area contributed by atoms with E-state index in [1.165, 1.54) is 22.3 Å².